The van der Waals surface area contributed by atoms with Gasteiger partial charge in [-0.05, 0) is 26.8 Å². The lowest BCUT2D eigenvalue weighted by Gasteiger charge is -2.24. The Kier molecular flexibility index (Phi) is 4.10. The number of anilines is 1. The first-order valence-electron chi connectivity index (χ1n) is 4.62. The van der Waals surface area contributed by atoms with Gasteiger partial charge >= 0.3 is 6.09 Å². The Morgan fingerprint density at radius 2 is 2.00 bits per heavy atom. The van der Waals surface area contributed by atoms with E-state index in [1.807, 2.05) is 0 Å². The van der Waals surface area contributed by atoms with E-state index in [1.54, 1.807) is 33.9 Å². The Bertz CT molecular complexity index is 398. The molecule has 0 atom stereocenters. The highest BCUT2D eigenvalue weighted by Crippen LogP contribution is 2.37. The number of halogens is 2. The molecule has 0 N–H and O–H groups in total. The third-order valence-corrected chi connectivity index (χ3v) is 3.13. The van der Waals surface area contributed by atoms with E-state index < -0.39 is 11.7 Å². The van der Waals surface area contributed by atoms with Crippen molar-refractivity contribution in [1.82, 2.24) is 0 Å². The summed E-state index contributed by atoms with van der Waals surface area (Å²) in [6, 6.07) is 1.64. The number of carbonyl (C=O) groups is 1. The molecule has 0 aliphatic heterocycles. The summed E-state index contributed by atoms with van der Waals surface area (Å²) in [5.74, 6) is 0. The monoisotopic (exact) mass is 281 g/mol. The molecule has 0 bridgehead atoms. The Labute approximate surface area is 109 Å². The zero-order valence-corrected chi connectivity index (χ0v) is 11.8. The van der Waals surface area contributed by atoms with Crippen LogP contribution in [0.3, 0.4) is 0 Å². The lowest BCUT2D eigenvalue weighted by molar-refractivity contribution is 0.0589. The second-order valence-corrected chi connectivity index (χ2v) is 6.53. The molecule has 1 amide bonds. The van der Waals surface area contributed by atoms with E-state index in [0.717, 1.165) is 0 Å². The third-order valence-electron chi connectivity index (χ3n) is 1.67. The van der Waals surface area contributed by atoms with Gasteiger partial charge in [0.1, 0.15) is 9.94 Å². The van der Waals surface area contributed by atoms with Gasteiger partial charge < -0.3 is 4.74 Å². The van der Waals surface area contributed by atoms with Crippen LogP contribution in [0.1, 0.15) is 20.8 Å². The molecule has 0 aliphatic rings. The van der Waals surface area contributed by atoms with Crippen molar-refractivity contribution < 1.29 is 9.53 Å². The topological polar surface area (TPSA) is 29.5 Å². The van der Waals surface area contributed by atoms with Crippen LogP contribution in [-0.4, -0.2) is 18.7 Å². The molecule has 0 fully saturated rings. The van der Waals surface area contributed by atoms with Crippen LogP contribution in [0.4, 0.5) is 10.5 Å². The average Bonchev–Trinajstić information content (AvgIpc) is 2.41. The number of hydrogen-bond acceptors (Lipinski definition) is 3. The molecule has 0 aromatic carbocycles. The molecule has 0 radical (unpaired) electrons. The van der Waals surface area contributed by atoms with Crippen molar-refractivity contribution in [1.29, 1.82) is 0 Å². The van der Waals surface area contributed by atoms with Crippen LogP contribution in [0, 0.1) is 0 Å². The SMILES string of the molecule is CN(C(=O)OC(C)(C)C)c1cc(Cl)sc1Cl. The van der Waals surface area contributed by atoms with Gasteiger partial charge in [0.2, 0.25) is 0 Å². The number of nitrogens with zero attached hydrogens (tertiary/aromatic N) is 1. The van der Waals surface area contributed by atoms with E-state index in [4.69, 9.17) is 27.9 Å². The Balaban J connectivity index is 2.82. The van der Waals surface area contributed by atoms with Crippen LogP contribution in [0.25, 0.3) is 0 Å². The summed E-state index contributed by atoms with van der Waals surface area (Å²) in [6.45, 7) is 5.42. The van der Waals surface area contributed by atoms with Crippen LogP contribution >= 0.6 is 34.5 Å². The minimum absolute atomic E-state index is 0.455. The van der Waals surface area contributed by atoms with Gasteiger partial charge in [-0.25, -0.2) is 4.79 Å². The Morgan fingerprint density at radius 3 is 2.38 bits per heavy atom. The molecular formula is C10H13Cl2NO2S. The number of rotatable bonds is 1. The fourth-order valence-electron chi connectivity index (χ4n) is 0.989. The van der Waals surface area contributed by atoms with Crippen LogP contribution in [-0.2, 0) is 4.74 Å². The minimum atomic E-state index is -0.530. The molecule has 1 heterocycles. The van der Waals surface area contributed by atoms with E-state index >= 15 is 0 Å². The Hall–Kier alpha value is -0.450. The lowest BCUT2D eigenvalue weighted by atomic mass is 10.2. The Morgan fingerprint density at radius 1 is 1.44 bits per heavy atom. The lowest BCUT2D eigenvalue weighted by Crippen LogP contribution is -2.34. The van der Waals surface area contributed by atoms with Crippen molar-refractivity contribution in [2.75, 3.05) is 11.9 Å². The first-order chi connectivity index (χ1) is 7.20. The summed E-state index contributed by atoms with van der Waals surface area (Å²) in [7, 11) is 1.60. The number of ether oxygens (including phenoxy) is 1. The fraction of sp³-hybridized carbons (Fsp3) is 0.500. The van der Waals surface area contributed by atoms with Crippen LogP contribution in [0.2, 0.25) is 8.67 Å². The van der Waals surface area contributed by atoms with Gasteiger partial charge in [0, 0.05) is 7.05 Å². The predicted octanol–water partition coefficient (Wildman–Crippen LogP) is 4.43. The van der Waals surface area contributed by atoms with Crippen LogP contribution in [0.5, 0.6) is 0 Å². The molecular weight excluding hydrogens is 269 g/mol. The normalized spacial score (nSPS) is 11.4. The van der Waals surface area contributed by atoms with Crippen molar-refractivity contribution in [3.8, 4) is 0 Å². The van der Waals surface area contributed by atoms with Gasteiger partial charge in [0.15, 0.2) is 0 Å². The highest BCUT2D eigenvalue weighted by Gasteiger charge is 2.22. The minimum Gasteiger partial charge on any atom is -0.443 e. The maximum absolute atomic E-state index is 11.7. The predicted molar refractivity (Wildman–Crippen MR) is 69.0 cm³/mol. The van der Waals surface area contributed by atoms with Gasteiger partial charge in [-0.15, -0.1) is 11.3 Å². The van der Waals surface area contributed by atoms with Crippen molar-refractivity contribution in [3.05, 3.63) is 14.7 Å². The molecule has 1 aromatic heterocycles. The van der Waals surface area contributed by atoms with Gasteiger partial charge in [-0.3, -0.25) is 4.90 Å². The molecule has 0 aliphatic carbocycles. The molecule has 0 saturated carbocycles. The summed E-state index contributed by atoms with van der Waals surface area (Å²) in [6.07, 6.45) is -0.455. The van der Waals surface area contributed by atoms with Gasteiger partial charge in [0.25, 0.3) is 0 Å². The average molecular weight is 282 g/mol. The second kappa shape index (κ2) is 4.82. The first-order valence-corrected chi connectivity index (χ1v) is 6.19. The molecule has 0 spiro atoms. The molecule has 16 heavy (non-hydrogen) atoms. The van der Waals surface area contributed by atoms with Gasteiger partial charge in [0.05, 0.1) is 10.0 Å². The van der Waals surface area contributed by atoms with Crippen molar-refractivity contribution >= 4 is 46.3 Å². The van der Waals surface area contributed by atoms with E-state index in [2.05, 4.69) is 0 Å². The van der Waals surface area contributed by atoms with E-state index in [9.17, 15) is 4.79 Å². The number of carbonyl (C=O) groups excluding carboxylic acids is 1. The standard InChI is InChI=1S/C10H13Cl2NO2S/c1-10(2,3)15-9(14)13(4)6-5-7(11)16-8(6)12/h5H,1-4H3. The first kappa shape index (κ1) is 13.6. The molecule has 6 heteroatoms. The van der Waals surface area contributed by atoms with Gasteiger partial charge in [-0.1, -0.05) is 23.2 Å². The summed E-state index contributed by atoms with van der Waals surface area (Å²) in [4.78, 5) is 13.1. The van der Waals surface area contributed by atoms with Gasteiger partial charge in [-0.2, -0.15) is 0 Å². The van der Waals surface area contributed by atoms with E-state index in [-0.39, 0.29) is 0 Å². The van der Waals surface area contributed by atoms with Crippen LogP contribution < -0.4 is 4.90 Å². The zero-order chi connectivity index (χ0) is 12.5. The molecule has 0 saturated heterocycles. The number of amides is 1. The third kappa shape index (κ3) is 3.54. The maximum Gasteiger partial charge on any atom is 0.414 e. The largest absolute Gasteiger partial charge is 0.443 e. The summed E-state index contributed by atoms with van der Waals surface area (Å²) >= 11 is 13.0. The number of thiophene rings is 1. The van der Waals surface area contributed by atoms with Crippen molar-refractivity contribution in [2.45, 2.75) is 26.4 Å². The molecule has 0 unspecified atom stereocenters. The molecule has 3 nitrogen and oxygen atoms in total. The summed E-state index contributed by atoms with van der Waals surface area (Å²) in [5.41, 5.74) is 0.0309. The van der Waals surface area contributed by atoms with Crippen molar-refractivity contribution in [3.63, 3.8) is 0 Å². The smallest absolute Gasteiger partial charge is 0.414 e. The maximum atomic E-state index is 11.7. The molecule has 1 aromatic rings. The van der Waals surface area contributed by atoms with E-state index in [0.29, 0.717) is 14.4 Å². The fourth-order valence-corrected chi connectivity index (χ4v) is 2.52. The molecule has 1 rings (SSSR count). The quantitative estimate of drug-likeness (QED) is 0.762. The van der Waals surface area contributed by atoms with E-state index in [1.165, 1.54) is 16.2 Å². The summed E-state index contributed by atoms with van der Waals surface area (Å²) in [5, 5.41) is 0. The summed E-state index contributed by atoms with van der Waals surface area (Å²) < 4.78 is 6.22. The zero-order valence-electron chi connectivity index (χ0n) is 9.51. The van der Waals surface area contributed by atoms with Crippen LogP contribution in [0.15, 0.2) is 6.07 Å². The van der Waals surface area contributed by atoms with Crippen molar-refractivity contribution in [2.24, 2.45) is 0 Å². The highest BCUT2D eigenvalue weighted by molar-refractivity contribution is 7.20. The second-order valence-electron chi connectivity index (χ2n) is 4.25. The highest BCUT2D eigenvalue weighted by atomic mass is 35.5. The number of hydrogen-bond donors (Lipinski definition) is 0. The molecule has 90 valence electrons.